The molecule has 0 aliphatic carbocycles. The average molecular weight is 372 g/mol. The van der Waals surface area contributed by atoms with E-state index < -0.39 is 0 Å². The molecule has 5 aromatic rings. The van der Waals surface area contributed by atoms with Gasteiger partial charge in [0, 0.05) is 11.1 Å². The zero-order chi connectivity index (χ0) is 18.4. The maximum absolute atomic E-state index is 4.74. The molecule has 0 radical (unpaired) electrons. The van der Waals surface area contributed by atoms with E-state index in [9.17, 15) is 0 Å². The third kappa shape index (κ3) is 2.72. The monoisotopic (exact) mass is 372 g/mol. The quantitative estimate of drug-likeness (QED) is 0.505. The smallest absolute Gasteiger partial charge is 0.235 e. The molecule has 0 saturated heterocycles. The Kier molecular flexibility index (Phi) is 3.61. The first-order chi connectivity index (χ1) is 13.2. The zero-order valence-corrected chi connectivity index (χ0v) is 15.7. The van der Waals surface area contributed by atoms with Gasteiger partial charge in [-0.2, -0.15) is 14.7 Å². The van der Waals surface area contributed by atoms with Crippen LogP contribution < -0.4 is 0 Å². The molecular formula is C20H16N6S. The van der Waals surface area contributed by atoms with Gasteiger partial charge in [0.05, 0.1) is 5.69 Å². The summed E-state index contributed by atoms with van der Waals surface area (Å²) >= 11 is 1.53. The van der Waals surface area contributed by atoms with Gasteiger partial charge < -0.3 is 0 Å². The molecule has 0 amide bonds. The lowest BCUT2D eigenvalue weighted by molar-refractivity contribution is 0.954. The Hall–Kier alpha value is -3.32. The van der Waals surface area contributed by atoms with Crippen LogP contribution >= 0.6 is 11.3 Å². The molecule has 3 heterocycles. The van der Waals surface area contributed by atoms with Crippen LogP contribution in [0.5, 0.6) is 0 Å². The van der Waals surface area contributed by atoms with Crippen molar-refractivity contribution in [3.05, 3.63) is 65.7 Å². The molecule has 1 N–H and O–H groups in total. The van der Waals surface area contributed by atoms with E-state index in [0.29, 0.717) is 5.82 Å². The molecule has 0 spiro atoms. The Labute approximate surface area is 159 Å². The number of H-pyrrole nitrogens is 1. The highest BCUT2D eigenvalue weighted by molar-refractivity contribution is 7.19. The lowest BCUT2D eigenvalue weighted by atomic mass is 10.1. The predicted molar refractivity (Wildman–Crippen MR) is 107 cm³/mol. The summed E-state index contributed by atoms with van der Waals surface area (Å²) in [5.74, 6) is 0.659. The summed E-state index contributed by atoms with van der Waals surface area (Å²) < 4.78 is 1.78. The van der Waals surface area contributed by atoms with Crippen molar-refractivity contribution in [3.63, 3.8) is 0 Å². The van der Waals surface area contributed by atoms with E-state index in [-0.39, 0.29) is 0 Å². The molecule has 7 heteroatoms. The average Bonchev–Trinajstić information content (AvgIpc) is 3.38. The van der Waals surface area contributed by atoms with Crippen LogP contribution in [0.3, 0.4) is 0 Å². The topological polar surface area (TPSA) is 71.8 Å². The van der Waals surface area contributed by atoms with Crippen molar-refractivity contribution in [1.82, 2.24) is 30.0 Å². The molecule has 0 aliphatic rings. The SMILES string of the molecule is Cc1ccc(-c2cc(-c3nnc4sc(-c5ccccc5C)nn34)[nH]n2)cc1. The van der Waals surface area contributed by atoms with Gasteiger partial charge in [-0.25, -0.2) is 0 Å². The lowest BCUT2D eigenvalue weighted by Crippen LogP contribution is -1.91. The Bertz CT molecular complexity index is 1250. The summed E-state index contributed by atoms with van der Waals surface area (Å²) in [5, 5.41) is 21.7. The van der Waals surface area contributed by atoms with Crippen molar-refractivity contribution in [1.29, 1.82) is 0 Å². The van der Waals surface area contributed by atoms with Gasteiger partial charge in [0.15, 0.2) is 0 Å². The summed E-state index contributed by atoms with van der Waals surface area (Å²) in [4.78, 5) is 0.759. The van der Waals surface area contributed by atoms with E-state index in [4.69, 9.17) is 5.10 Å². The fraction of sp³-hybridized carbons (Fsp3) is 0.100. The second-order valence-electron chi connectivity index (χ2n) is 6.47. The van der Waals surface area contributed by atoms with Gasteiger partial charge in [-0.05, 0) is 25.5 Å². The molecule has 6 nitrogen and oxygen atoms in total. The molecule has 0 aliphatic heterocycles. The van der Waals surface area contributed by atoms with Crippen LogP contribution in [0.25, 0.3) is 38.3 Å². The fourth-order valence-corrected chi connectivity index (χ4v) is 3.94. The predicted octanol–water partition coefficient (Wildman–Crippen LogP) is 4.53. The molecule has 0 unspecified atom stereocenters. The zero-order valence-electron chi connectivity index (χ0n) is 14.8. The second kappa shape index (κ2) is 6.14. The number of fused-ring (bicyclic) bond motifs is 1. The molecule has 0 saturated carbocycles. The Balaban J connectivity index is 1.56. The van der Waals surface area contributed by atoms with Crippen LogP contribution in [-0.4, -0.2) is 30.0 Å². The molecule has 0 bridgehead atoms. The maximum Gasteiger partial charge on any atom is 0.235 e. The molecule has 3 aromatic heterocycles. The van der Waals surface area contributed by atoms with Gasteiger partial charge >= 0.3 is 0 Å². The Morgan fingerprint density at radius 3 is 2.59 bits per heavy atom. The van der Waals surface area contributed by atoms with E-state index in [2.05, 4.69) is 70.6 Å². The molecule has 132 valence electrons. The second-order valence-corrected chi connectivity index (χ2v) is 7.43. The standard InChI is InChI=1S/C20H16N6S/c1-12-7-9-14(10-8-12)16-11-17(22-21-16)18-23-24-20-26(18)25-19(27-20)15-6-4-3-5-13(15)2/h3-11H,1-2H3,(H,21,22). The van der Waals surface area contributed by atoms with Gasteiger partial charge in [0.1, 0.15) is 10.7 Å². The highest BCUT2D eigenvalue weighted by atomic mass is 32.1. The van der Waals surface area contributed by atoms with Crippen LogP contribution in [0.4, 0.5) is 0 Å². The van der Waals surface area contributed by atoms with Gasteiger partial charge in [-0.15, -0.1) is 10.2 Å². The van der Waals surface area contributed by atoms with Crippen LogP contribution in [0, 0.1) is 13.8 Å². The van der Waals surface area contributed by atoms with Gasteiger partial charge in [-0.1, -0.05) is 65.4 Å². The van der Waals surface area contributed by atoms with Crippen LogP contribution in [0.1, 0.15) is 11.1 Å². The Morgan fingerprint density at radius 1 is 0.963 bits per heavy atom. The van der Waals surface area contributed by atoms with E-state index in [1.165, 1.54) is 22.5 Å². The molecule has 5 rings (SSSR count). The third-order valence-corrected chi connectivity index (χ3v) is 5.46. The number of hydrogen-bond donors (Lipinski definition) is 1. The van der Waals surface area contributed by atoms with Crippen molar-refractivity contribution in [2.75, 3.05) is 0 Å². The summed E-state index contributed by atoms with van der Waals surface area (Å²) in [6.07, 6.45) is 0. The molecular weight excluding hydrogens is 356 g/mol. The number of hydrogen-bond acceptors (Lipinski definition) is 5. The summed E-state index contributed by atoms with van der Waals surface area (Å²) in [5.41, 5.74) is 6.24. The highest BCUT2D eigenvalue weighted by Gasteiger charge is 2.17. The minimum Gasteiger partial charge on any atom is -0.274 e. The lowest BCUT2D eigenvalue weighted by Gasteiger charge is -1.99. The van der Waals surface area contributed by atoms with Gasteiger partial charge in [-0.3, -0.25) is 5.10 Å². The van der Waals surface area contributed by atoms with E-state index >= 15 is 0 Å². The first-order valence-corrected chi connectivity index (χ1v) is 9.42. The summed E-state index contributed by atoms with van der Waals surface area (Å²) in [6, 6.07) is 18.5. The minimum atomic E-state index is 0.659. The minimum absolute atomic E-state index is 0.659. The number of aryl methyl sites for hydroxylation is 2. The van der Waals surface area contributed by atoms with Crippen LogP contribution in [-0.2, 0) is 0 Å². The fourth-order valence-electron chi connectivity index (χ4n) is 3.02. The van der Waals surface area contributed by atoms with E-state index in [1.54, 1.807) is 4.52 Å². The summed E-state index contributed by atoms with van der Waals surface area (Å²) in [7, 11) is 0. The largest absolute Gasteiger partial charge is 0.274 e. The highest BCUT2D eigenvalue weighted by Crippen LogP contribution is 2.30. The number of aromatic nitrogens is 6. The van der Waals surface area contributed by atoms with Gasteiger partial charge in [0.2, 0.25) is 10.8 Å². The van der Waals surface area contributed by atoms with Gasteiger partial charge in [0.25, 0.3) is 0 Å². The number of nitrogens with zero attached hydrogens (tertiary/aromatic N) is 5. The van der Waals surface area contributed by atoms with Crippen molar-refractivity contribution < 1.29 is 0 Å². The number of aromatic amines is 1. The van der Waals surface area contributed by atoms with Crippen LogP contribution in [0.15, 0.2) is 54.6 Å². The normalized spacial score (nSPS) is 11.3. The van der Waals surface area contributed by atoms with Crippen molar-refractivity contribution >= 4 is 16.3 Å². The van der Waals surface area contributed by atoms with Crippen molar-refractivity contribution in [2.24, 2.45) is 0 Å². The molecule has 2 aromatic carbocycles. The molecule has 0 fully saturated rings. The number of benzene rings is 2. The maximum atomic E-state index is 4.74. The summed E-state index contributed by atoms with van der Waals surface area (Å²) in [6.45, 7) is 4.16. The van der Waals surface area contributed by atoms with Crippen molar-refractivity contribution in [2.45, 2.75) is 13.8 Å². The first-order valence-electron chi connectivity index (χ1n) is 8.60. The van der Waals surface area contributed by atoms with Crippen LogP contribution in [0.2, 0.25) is 0 Å². The molecule has 0 atom stereocenters. The third-order valence-electron chi connectivity index (χ3n) is 4.53. The molecule has 27 heavy (non-hydrogen) atoms. The van der Waals surface area contributed by atoms with E-state index in [0.717, 1.165) is 32.5 Å². The van der Waals surface area contributed by atoms with Crippen molar-refractivity contribution in [3.8, 4) is 33.3 Å². The van der Waals surface area contributed by atoms with E-state index in [1.807, 2.05) is 18.2 Å². The first kappa shape index (κ1) is 15.9. The number of rotatable bonds is 3. The Morgan fingerprint density at radius 2 is 1.78 bits per heavy atom. The number of nitrogens with one attached hydrogen (secondary N) is 1.